The van der Waals surface area contributed by atoms with Crippen molar-refractivity contribution in [1.29, 1.82) is 0 Å². The Kier molecular flexibility index (Phi) is 5.99. The third-order valence-corrected chi connectivity index (χ3v) is 4.56. The molecule has 3 rings (SSSR count). The van der Waals surface area contributed by atoms with Crippen LogP contribution in [0.1, 0.15) is 23.6 Å². The summed E-state index contributed by atoms with van der Waals surface area (Å²) in [5.74, 6) is 0. The van der Waals surface area contributed by atoms with Crippen LogP contribution in [0.15, 0.2) is 77.9 Å². The highest BCUT2D eigenvalue weighted by Gasteiger charge is 2.03. The normalized spacial score (nSPS) is 11.1. The van der Waals surface area contributed by atoms with E-state index in [0.717, 1.165) is 22.5 Å². The van der Waals surface area contributed by atoms with Gasteiger partial charge in [0.15, 0.2) is 5.11 Å². The van der Waals surface area contributed by atoms with Crippen LogP contribution in [0.3, 0.4) is 0 Å². The topological polar surface area (TPSA) is 36.4 Å². The molecule has 136 valence electrons. The van der Waals surface area contributed by atoms with Gasteiger partial charge in [0, 0.05) is 5.69 Å². The first-order chi connectivity index (χ1) is 13.0. The zero-order valence-corrected chi connectivity index (χ0v) is 16.6. The predicted octanol–water partition coefficient (Wildman–Crippen LogP) is 5.68. The lowest BCUT2D eigenvalue weighted by Gasteiger charge is -2.11. The molecule has 0 aliphatic carbocycles. The van der Waals surface area contributed by atoms with Gasteiger partial charge in [-0.1, -0.05) is 72.3 Å². The number of thiocarbonyl (C=S) groups is 1. The second-order valence-electron chi connectivity index (χ2n) is 6.52. The van der Waals surface area contributed by atoms with Crippen molar-refractivity contribution >= 4 is 28.7 Å². The van der Waals surface area contributed by atoms with Gasteiger partial charge < -0.3 is 5.32 Å². The van der Waals surface area contributed by atoms with E-state index in [9.17, 15) is 0 Å². The van der Waals surface area contributed by atoms with E-state index in [1.807, 2.05) is 31.2 Å². The van der Waals surface area contributed by atoms with Crippen molar-refractivity contribution in [2.45, 2.75) is 20.8 Å². The minimum absolute atomic E-state index is 0.474. The van der Waals surface area contributed by atoms with Gasteiger partial charge in [0.2, 0.25) is 0 Å². The van der Waals surface area contributed by atoms with E-state index in [4.69, 9.17) is 12.2 Å². The molecule has 0 atom stereocenters. The first-order valence-electron chi connectivity index (χ1n) is 8.87. The Hall–Kier alpha value is -2.98. The molecule has 0 bridgehead atoms. The number of hydrazone groups is 1. The third kappa shape index (κ3) is 5.02. The molecule has 0 aliphatic heterocycles. The van der Waals surface area contributed by atoms with Crippen LogP contribution in [0.5, 0.6) is 0 Å². The van der Waals surface area contributed by atoms with Crippen LogP contribution < -0.4 is 10.7 Å². The molecule has 0 aliphatic rings. The minimum atomic E-state index is 0.474. The molecular weight excluding hydrogens is 350 g/mol. The number of anilines is 1. The van der Waals surface area contributed by atoms with Gasteiger partial charge in [-0.3, -0.25) is 5.43 Å². The monoisotopic (exact) mass is 373 g/mol. The molecule has 0 saturated heterocycles. The van der Waals surface area contributed by atoms with Crippen molar-refractivity contribution in [2.24, 2.45) is 5.10 Å². The number of nitrogens with one attached hydrogen (secondary N) is 2. The maximum atomic E-state index is 5.35. The maximum absolute atomic E-state index is 5.35. The molecule has 3 aromatic rings. The molecule has 2 N–H and O–H groups in total. The van der Waals surface area contributed by atoms with Gasteiger partial charge in [-0.2, -0.15) is 5.10 Å². The Bertz CT molecular complexity index is 961. The van der Waals surface area contributed by atoms with E-state index >= 15 is 0 Å². The van der Waals surface area contributed by atoms with Crippen molar-refractivity contribution in [3.05, 3.63) is 89.5 Å². The number of rotatable bonds is 4. The highest BCUT2D eigenvalue weighted by Crippen LogP contribution is 2.19. The van der Waals surface area contributed by atoms with Gasteiger partial charge in [0.1, 0.15) is 0 Å². The standard InChI is InChI=1S/C23H23N3S/c1-16-9-14-22(17(2)15-16)24-23(27)26-25-18(3)19-10-12-21(13-11-19)20-7-5-4-6-8-20/h4-15H,1-3H3,(H2,24,26,27). The zero-order valence-electron chi connectivity index (χ0n) is 15.8. The molecule has 0 heterocycles. The Balaban J connectivity index is 1.64. The fourth-order valence-electron chi connectivity index (χ4n) is 2.84. The highest BCUT2D eigenvalue weighted by molar-refractivity contribution is 7.80. The lowest BCUT2D eigenvalue weighted by molar-refractivity contribution is 1.04. The van der Waals surface area contributed by atoms with Gasteiger partial charge >= 0.3 is 0 Å². The Morgan fingerprint density at radius 2 is 1.52 bits per heavy atom. The molecule has 4 heteroatoms. The van der Waals surface area contributed by atoms with Crippen LogP contribution in [-0.2, 0) is 0 Å². The van der Waals surface area contributed by atoms with Crippen molar-refractivity contribution in [2.75, 3.05) is 5.32 Å². The van der Waals surface area contributed by atoms with Crippen LogP contribution in [0.4, 0.5) is 5.69 Å². The molecule has 0 radical (unpaired) electrons. The number of nitrogens with zero attached hydrogens (tertiary/aromatic N) is 1. The SMILES string of the molecule is CC(=NNC(=S)Nc1ccc(C)cc1C)c1ccc(-c2ccccc2)cc1. The zero-order chi connectivity index (χ0) is 19.2. The first-order valence-corrected chi connectivity index (χ1v) is 9.28. The fourth-order valence-corrected chi connectivity index (χ4v) is 2.99. The van der Waals surface area contributed by atoms with Crippen LogP contribution in [0, 0.1) is 13.8 Å². The van der Waals surface area contributed by atoms with Gasteiger partial charge in [0.05, 0.1) is 5.71 Å². The van der Waals surface area contributed by atoms with E-state index in [2.05, 4.69) is 78.2 Å². The molecule has 3 nitrogen and oxygen atoms in total. The summed E-state index contributed by atoms with van der Waals surface area (Å²) in [6.45, 7) is 6.09. The van der Waals surface area contributed by atoms with Crippen molar-refractivity contribution in [3.63, 3.8) is 0 Å². The van der Waals surface area contributed by atoms with Crippen molar-refractivity contribution in [3.8, 4) is 11.1 Å². The molecule has 0 unspecified atom stereocenters. The molecule has 0 amide bonds. The first kappa shape index (κ1) is 18.8. The summed E-state index contributed by atoms with van der Waals surface area (Å²) < 4.78 is 0. The summed E-state index contributed by atoms with van der Waals surface area (Å²) in [4.78, 5) is 0. The second-order valence-corrected chi connectivity index (χ2v) is 6.93. The third-order valence-electron chi connectivity index (χ3n) is 4.37. The van der Waals surface area contributed by atoms with E-state index in [1.165, 1.54) is 16.7 Å². The molecule has 0 fully saturated rings. The van der Waals surface area contributed by atoms with Crippen LogP contribution in [0.25, 0.3) is 11.1 Å². The summed E-state index contributed by atoms with van der Waals surface area (Å²) in [5.41, 5.74) is 10.6. The van der Waals surface area contributed by atoms with E-state index in [1.54, 1.807) is 0 Å². The molecule has 0 spiro atoms. The minimum Gasteiger partial charge on any atom is -0.331 e. The van der Waals surface area contributed by atoms with Gasteiger partial charge in [0.25, 0.3) is 0 Å². The van der Waals surface area contributed by atoms with E-state index in [0.29, 0.717) is 5.11 Å². The lowest BCUT2D eigenvalue weighted by Crippen LogP contribution is -2.25. The fraction of sp³-hybridized carbons (Fsp3) is 0.130. The number of hydrogen-bond donors (Lipinski definition) is 2. The Morgan fingerprint density at radius 1 is 0.852 bits per heavy atom. The molecule has 3 aromatic carbocycles. The molecule has 0 aromatic heterocycles. The van der Waals surface area contributed by atoms with Gasteiger partial charge in [-0.05, 0) is 61.3 Å². The molecular formula is C23H23N3S. The van der Waals surface area contributed by atoms with Crippen LogP contribution in [0.2, 0.25) is 0 Å². The number of benzene rings is 3. The number of aryl methyl sites for hydroxylation is 2. The largest absolute Gasteiger partial charge is 0.331 e. The summed E-state index contributed by atoms with van der Waals surface area (Å²) >= 11 is 5.35. The summed E-state index contributed by atoms with van der Waals surface area (Å²) in [6, 6.07) is 24.9. The Morgan fingerprint density at radius 3 is 2.19 bits per heavy atom. The second kappa shape index (κ2) is 8.60. The van der Waals surface area contributed by atoms with Crippen LogP contribution in [-0.4, -0.2) is 10.8 Å². The number of hydrogen-bond acceptors (Lipinski definition) is 2. The highest BCUT2D eigenvalue weighted by atomic mass is 32.1. The van der Waals surface area contributed by atoms with Crippen molar-refractivity contribution in [1.82, 2.24) is 5.43 Å². The van der Waals surface area contributed by atoms with E-state index in [-0.39, 0.29) is 0 Å². The van der Waals surface area contributed by atoms with E-state index < -0.39 is 0 Å². The average Bonchev–Trinajstić information content (AvgIpc) is 2.69. The smallest absolute Gasteiger partial charge is 0.191 e. The van der Waals surface area contributed by atoms with Gasteiger partial charge in [-0.25, -0.2) is 0 Å². The quantitative estimate of drug-likeness (QED) is 0.351. The summed E-state index contributed by atoms with van der Waals surface area (Å²) in [6.07, 6.45) is 0. The van der Waals surface area contributed by atoms with Gasteiger partial charge in [-0.15, -0.1) is 0 Å². The molecule has 27 heavy (non-hydrogen) atoms. The summed E-state index contributed by atoms with van der Waals surface area (Å²) in [7, 11) is 0. The van der Waals surface area contributed by atoms with Crippen molar-refractivity contribution < 1.29 is 0 Å². The predicted molar refractivity (Wildman–Crippen MR) is 119 cm³/mol. The maximum Gasteiger partial charge on any atom is 0.191 e. The Labute approximate surface area is 166 Å². The lowest BCUT2D eigenvalue weighted by atomic mass is 10.0. The van der Waals surface area contributed by atoms with Crippen LogP contribution >= 0.6 is 12.2 Å². The average molecular weight is 374 g/mol. The summed E-state index contributed by atoms with van der Waals surface area (Å²) in [5, 5.41) is 8.07. The molecule has 0 saturated carbocycles.